The molecule has 3 N–H and O–H groups in total. The fourth-order valence-electron chi connectivity index (χ4n) is 4.69. The van der Waals surface area contributed by atoms with E-state index in [4.69, 9.17) is 0 Å². The molecule has 0 spiro atoms. The summed E-state index contributed by atoms with van der Waals surface area (Å²) in [6.07, 6.45) is 8.38. The highest BCUT2D eigenvalue weighted by molar-refractivity contribution is 5.98. The van der Waals surface area contributed by atoms with Crippen molar-refractivity contribution in [2.45, 2.75) is 13.2 Å². The predicted octanol–water partition coefficient (Wildman–Crippen LogP) is 5.49. The van der Waals surface area contributed by atoms with Gasteiger partial charge in [-0.3, -0.25) is 9.67 Å². The van der Waals surface area contributed by atoms with Crippen LogP contribution in [-0.2, 0) is 20.2 Å². The van der Waals surface area contributed by atoms with Crippen LogP contribution in [0.2, 0.25) is 0 Å². The van der Waals surface area contributed by atoms with Crippen molar-refractivity contribution in [3.63, 3.8) is 0 Å². The smallest absolute Gasteiger partial charge is 0.327 e. The number of benzene rings is 2. The SMILES string of the molecule is Cn1cc(-c2ccc(N(C(=O)NCc3ccccc3)c3ccc(Nc4ncc(C#N)c(-c5ccc(CO)nc5)n4)cc3)nc2)cn1. The third kappa shape index (κ3) is 6.70. The molecule has 0 saturated heterocycles. The number of nitriles is 1. The number of nitrogens with one attached hydrogen (secondary N) is 2. The molecule has 6 rings (SSSR count). The van der Waals surface area contributed by atoms with Crippen LogP contribution in [0.1, 0.15) is 16.8 Å². The van der Waals surface area contributed by atoms with Crippen molar-refractivity contribution < 1.29 is 9.90 Å². The minimum absolute atomic E-state index is 0.184. The number of carbonyl (C=O) groups excluding carboxylic acids is 1. The fourth-order valence-corrected chi connectivity index (χ4v) is 4.69. The number of anilines is 4. The van der Waals surface area contributed by atoms with Crippen molar-refractivity contribution >= 4 is 29.2 Å². The van der Waals surface area contributed by atoms with Gasteiger partial charge in [0.15, 0.2) is 0 Å². The van der Waals surface area contributed by atoms with Crippen molar-refractivity contribution in [1.82, 2.24) is 35.0 Å². The Morgan fingerprint density at radius 3 is 2.33 bits per heavy atom. The Hall–Kier alpha value is -6.45. The quantitative estimate of drug-likeness (QED) is 0.193. The van der Waals surface area contributed by atoms with Crippen molar-refractivity contribution in [2.75, 3.05) is 10.2 Å². The van der Waals surface area contributed by atoms with Crippen LogP contribution in [-0.4, -0.2) is 40.9 Å². The lowest BCUT2D eigenvalue weighted by atomic mass is 10.1. The summed E-state index contributed by atoms with van der Waals surface area (Å²) < 4.78 is 1.72. The molecule has 4 aromatic heterocycles. The first-order chi connectivity index (χ1) is 22.5. The topological polar surface area (TPSA) is 158 Å². The van der Waals surface area contributed by atoms with Crippen LogP contribution < -0.4 is 15.5 Å². The van der Waals surface area contributed by atoms with E-state index in [1.54, 1.807) is 65.7 Å². The maximum Gasteiger partial charge on any atom is 0.327 e. The molecule has 6 aromatic rings. The van der Waals surface area contributed by atoms with Crippen LogP contribution in [0.25, 0.3) is 22.4 Å². The highest BCUT2D eigenvalue weighted by atomic mass is 16.3. The standard InChI is InChI=1S/C34H28N10O2/c1-43-21-27(20-40-43)24-8-14-31(37-17-24)44(34(46)39-16-23-5-3-2-4-6-23)30-12-10-28(11-13-30)41-33-38-19-26(15-35)32(42-33)25-7-9-29(22-45)36-18-25/h2-14,17-21,45H,16,22H2,1H3,(H,39,46)(H,38,41,42). The number of aryl methyl sites for hydroxylation is 1. The van der Waals surface area contributed by atoms with Crippen LogP contribution in [0.4, 0.5) is 27.9 Å². The molecule has 0 fully saturated rings. The highest BCUT2D eigenvalue weighted by Gasteiger charge is 2.20. The van der Waals surface area contributed by atoms with Gasteiger partial charge < -0.3 is 15.7 Å². The number of rotatable bonds is 9. The van der Waals surface area contributed by atoms with E-state index >= 15 is 0 Å². The number of carbonyl (C=O) groups is 1. The van der Waals surface area contributed by atoms with E-state index in [-0.39, 0.29) is 18.6 Å². The van der Waals surface area contributed by atoms with Gasteiger partial charge in [-0.15, -0.1) is 0 Å². The lowest BCUT2D eigenvalue weighted by Crippen LogP contribution is -2.37. The molecule has 0 atom stereocenters. The van der Waals surface area contributed by atoms with Gasteiger partial charge in [0.25, 0.3) is 0 Å². The summed E-state index contributed by atoms with van der Waals surface area (Å²) in [6.45, 7) is 0.164. The molecule has 226 valence electrons. The molecule has 0 radical (unpaired) electrons. The van der Waals surface area contributed by atoms with E-state index in [2.05, 4.69) is 41.7 Å². The molecule has 0 aliphatic heterocycles. The Balaban J connectivity index is 1.25. The fraction of sp³-hybridized carbons (Fsp3) is 0.0882. The monoisotopic (exact) mass is 608 g/mol. The van der Waals surface area contributed by atoms with Gasteiger partial charge in [0.05, 0.1) is 41.6 Å². The number of amides is 2. The van der Waals surface area contributed by atoms with Crippen LogP contribution in [0.15, 0.2) is 110 Å². The van der Waals surface area contributed by atoms with Crippen LogP contribution in [0.5, 0.6) is 0 Å². The van der Waals surface area contributed by atoms with Crippen molar-refractivity contribution in [1.29, 1.82) is 5.26 Å². The molecule has 0 aliphatic rings. The Morgan fingerprint density at radius 2 is 1.67 bits per heavy atom. The Labute approximate surface area is 264 Å². The van der Waals surface area contributed by atoms with E-state index in [9.17, 15) is 15.2 Å². The summed E-state index contributed by atoms with van der Waals surface area (Å²) in [7, 11) is 1.85. The average Bonchev–Trinajstić information content (AvgIpc) is 3.55. The number of aromatic nitrogens is 6. The molecule has 12 heteroatoms. The summed E-state index contributed by atoms with van der Waals surface area (Å²) in [6, 6.07) is 25.8. The minimum atomic E-state index is -0.341. The number of nitrogens with zero attached hydrogens (tertiary/aromatic N) is 8. The average molecular weight is 609 g/mol. The van der Waals surface area contributed by atoms with E-state index in [0.717, 1.165) is 16.7 Å². The zero-order valence-electron chi connectivity index (χ0n) is 24.7. The number of hydrogen-bond donors (Lipinski definition) is 3. The summed E-state index contributed by atoms with van der Waals surface area (Å²) in [5.74, 6) is 0.720. The van der Waals surface area contributed by atoms with Gasteiger partial charge in [0, 0.05) is 54.6 Å². The predicted molar refractivity (Wildman–Crippen MR) is 173 cm³/mol. The Bertz CT molecular complexity index is 1990. The molecular formula is C34H28N10O2. The molecule has 0 saturated carbocycles. The van der Waals surface area contributed by atoms with Gasteiger partial charge >= 0.3 is 6.03 Å². The first-order valence-electron chi connectivity index (χ1n) is 14.3. The van der Waals surface area contributed by atoms with Crippen LogP contribution >= 0.6 is 0 Å². The molecule has 0 aliphatic carbocycles. The molecule has 4 heterocycles. The van der Waals surface area contributed by atoms with Crippen LogP contribution in [0.3, 0.4) is 0 Å². The molecule has 12 nitrogen and oxygen atoms in total. The van der Waals surface area contributed by atoms with Gasteiger partial charge in [0.1, 0.15) is 11.9 Å². The number of urea groups is 1. The second kappa shape index (κ2) is 13.5. The van der Waals surface area contributed by atoms with Crippen LogP contribution in [0, 0.1) is 11.3 Å². The van der Waals surface area contributed by atoms with E-state index in [0.29, 0.717) is 46.3 Å². The van der Waals surface area contributed by atoms with Crippen molar-refractivity contribution in [2.24, 2.45) is 7.05 Å². The lowest BCUT2D eigenvalue weighted by molar-refractivity contribution is 0.248. The number of pyridine rings is 2. The van der Waals surface area contributed by atoms with Gasteiger partial charge in [-0.2, -0.15) is 10.4 Å². The van der Waals surface area contributed by atoms with Gasteiger partial charge in [-0.25, -0.2) is 24.6 Å². The number of aliphatic hydroxyl groups is 1. The second-order valence-electron chi connectivity index (χ2n) is 10.2. The summed E-state index contributed by atoms with van der Waals surface area (Å²) in [5.41, 5.74) is 5.86. The largest absolute Gasteiger partial charge is 0.390 e. The van der Waals surface area contributed by atoms with Crippen molar-refractivity contribution in [3.05, 3.63) is 127 Å². The zero-order valence-corrected chi connectivity index (χ0v) is 24.7. The highest BCUT2D eigenvalue weighted by Crippen LogP contribution is 2.29. The molecule has 0 unspecified atom stereocenters. The molecule has 2 aromatic carbocycles. The summed E-state index contributed by atoms with van der Waals surface area (Å²) >= 11 is 0. The molecule has 0 bridgehead atoms. The molecule has 2 amide bonds. The Morgan fingerprint density at radius 1 is 0.891 bits per heavy atom. The number of aliphatic hydroxyl groups excluding tert-OH is 1. The van der Waals surface area contributed by atoms with Gasteiger partial charge in [0.2, 0.25) is 5.95 Å². The minimum Gasteiger partial charge on any atom is -0.390 e. The third-order valence-electron chi connectivity index (χ3n) is 7.06. The zero-order chi connectivity index (χ0) is 31.9. The van der Waals surface area contributed by atoms with E-state index in [1.165, 1.54) is 11.1 Å². The normalized spacial score (nSPS) is 10.6. The molecular weight excluding hydrogens is 580 g/mol. The van der Waals surface area contributed by atoms with Crippen molar-refractivity contribution in [3.8, 4) is 28.5 Å². The lowest BCUT2D eigenvalue weighted by Gasteiger charge is -2.23. The maximum absolute atomic E-state index is 13.6. The summed E-state index contributed by atoms with van der Waals surface area (Å²) in [5, 5.41) is 29.3. The first-order valence-corrected chi connectivity index (χ1v) is 14.3. The maximum atomic E-state index is 13.6. The van der Waals surface area contributed by atoms with E-state index in [1.807, 2.05) is 49.6 Å². The van der Waals surface area contributed by atoms with Gasteiger partial charge in [-0.05, 0) is 54.1 Å². The van der Waals surface area contributed by atoms with E-state index < -0.39 is 0 Å². The molecule has 46 heavy (non-hydrogen) atoms. The van der Waals surface area contributed by atoms with Gasteiger partial charge in [-0.1, -0.05) is 30.3 Å². The summed E-state index contributed by atoms with van der Waals surface area (Å²) in [4.78, 5) is 32.8. The Kier molecular flexibility index (Phi) is 8.66. The number of hydrogen-bond acceptors (Lipinski definition) is 9. The first kappa shape index (κ1) is 29.6. The second-order valence-corrected chi connectivity index (χ2v) is 10.2. The third-order valence-corrected chi connectivity index (χ3v) is 7.06.